The van der Waals surface area contributed by atoms with Gasteiger partial charge in [0, 0.05) is 13.1 Å². The second-order valence-electron chi connectivity index (χ2n) is 4.60. The van der Waals surface area contributed by atoms with E-state index in [1.54, 1.807) is 19.2 Å². The van der Waals surface area contributed by atoms with Crippen LogP contribution in [0.3, 0.4) is 0 Å². The monoisotopic (exact) mass is 280 g/mol. The number of rotatable bonds is 5. The summed E-state index contributed by atoms with van der Waals surface area (Å²) in [6, 6.07) is 4.82. The van der Waals surface area contributed by atoms with Crippen LogP contribution in [-0.2, 0) is 9.53 Å². The average molecular weight is 280 g/mol. The Hall–Kier alpha value is -2.24. The maximum absolute atomic E-state index is 11.9. The third kappa shape index (κ3) is 3.63. The van der Waals surface area contributed by atoms with E-state index in [4.69, 9.17) is 15.2 Å². The lowest BCUT2D eigenvalue weighted by Crippen LogP contribution is -2.36. The Morgan fingerprint density at radius 3 is 2.55 bits per heavy atom. The fourth-order valence-electron chi connectivity index (χ4n) is 1.54. The number of benzene rings is 1. The number of likely N-dealkylation sites (N-methyl/N-ethyl adjacent to an activating group) is 1. The Bertz CT molecular complexity index is 500. The predicted octanol–water partition coefficient (Wildman–Crippen LogP) is 1.30. The molecule has 1 aromatic carbocycles. The summed E-state index contributed by atoms with van der Waals surface area (Å²) >= 11 is 0. The summed E-state index contributed by atoms with van der Waals surface area (Å²) < 4.78 is 10.1. The van der Waals surface area contributed by atoms with Gasteiger partial charge in [-0.25, -0.2) is 4.79 Å². The molecule has 0 saturated heterocycles. The summed E-state index contributed by atoms with van der Waals surface area (Å²) in [4.78, 5) is 25.2. The molecule has 0 atom stereocenters. The first-order valence-electron chi connectivity index (χ1n) is 6.23. The van der Waals surface area contributed by atoms with Crippen molar-refractivity contribution in [3.63, 3.8) is 0 Å². The highest BCUT2D eigenvalue weighted by Gasteiger charge is 2.19. The molecule has 0 spiro atoms. The van der Waals surface area contributed by atoms with Gasteiger partial charge in [-0.15, -0.1) is 0 Å². The van der Waals surface area contributed by atoms with Crippen molar-refractivity contribution in [2.24, 2.45) is 0 Å². The van der Waals surface area contributed by atoms with Crippen molar-refractivity contribution in [1.29, 1.82) is 0 Å². The van der Waals surface area contributed by atoms with Gasteiger partial charge in [-0.1, -0.05) is 6.07 Å². The molecular weight excluding hydrogens is 260 g/mol. The Balaban J connectivity index is 2.73. The highest BCUT2D eigenvalue weighted by atomic mass is 16.5. The van der Waals surface area contributed by atoms with Crippen molar-refractivity contribution >= 4 is 17.6 Å². The van der Waals surface area contributed by atoms with Gasteiger partial charge >= 0.3 is 5.97 Å². The molecule has 0 heterocycles. The van der Waals surface area contributed by atoms with Crippen molar-refractivity contribution in [3.8, 4) is 5.75 Å². The molecule has 110 valence electrons. The molecule has 0 unspecified atom stereocenters. The number of esters is 1. The molecule has 0 aliphatic carbocycles. The van der Waals surface area contributed by atoms with E-state index in [1.165, 1.54) is 18.1 Å². The third-order valence-corrected chi connectivity index (χ3v) is 2.96. The van der Waals surface area contributed by atoms with E-state index in [2.05, 4.69) is 0 Å². The second-order valence-corrected chi connectivity index (χ2v) is 4.60. The first-order chi connectivity index (χ1) is 9.38. The van der Waals surface area contributed by atoms with Crippen LogP contribution in [-0.4, -0.2) is 43.6 Å². The standard InChI is InChI=1S/C14H20N2O4/c1-9(2)16(3)12(17)8-20-14(18)10-6-5-7-11(15)13(10)19-4/h5-7,9H,8,15H2,1-4H3. The molecule has 6 heteroatoms. The molecule has 0 fully saturated rings. The van der Waals surface area contributed by atoms with Gasteiger partial charge in [-0.2, -0.15) is 0 Å². The molecule has 0 bridgehead atoms. The van der Waals surface area contributed by atoms with Crippen LogP contribution >= 0.6 is 0 Å². The minimum atomic E-state index is -0.639. The van der Waals surface area contributed by atoms with Crippen LogP contribution in [0.15, 0.2) is 18.2 Å². The van der Waals surface area contributed by atoms with E-state index >= 15 is 0 Å². The van der Waals surface area contributed by atoms with Gasteiger partial charge in [-0.3, -0.25) is 4.79 Å². The number of amides is 1. The van der Waals surface area contributed by atoms with E-state index in [9.17, 15) is 9.59 Å². The maximum atomic E-state index is 11.9. The van der Waals surface area contributed by atoms with Crippen LogP contribution in [0.2, 0.25) is 0 Å². The normalized spacial score (nSPS) is 10.2. The number of ether oxygens (including phenoxy) is 2. The SMILES string of the molecule is COc1c(N)cccc1C(=O)OCC(=O)N(C)C(C)C. The third-order valence-electron chi connectivity index (χ3n) is 2.96. The Morgan fingerprint density at radius 1 is 1.35 bits per heavy atom. The second kappa shape index (κ2) is 6.79. The fourth-order valence-corrected chi connectivity index (χ4v) is 1.54. The molecule has 0 saturated carbocycles. The van der Waals surface area contributed by atoms with Gasteiger partial charge in [-0.05, 0) is 26.0 Å². The molecule has 0 radical (unpaired) electrons. The van der Waals surface area contributed by atoms with E-state index in [0.29, 0.717) is 5.69 Å². The topological polar surface area (TPSA) is 81.9 Å². The molecule has 6 nitrogen and oxygen atoms in total. The number of hydrogen-bond acceptors (Lipinski definition) is 5. The highest BCUT2D eigenvalue weighted by molar-refractivity contribution is 5.95. The van der Waals surface area contributed by atoms with Gasteiger partial charge in [0.25, 0.3) is 5.91 Å². The minimum Gasteiger partial charge on any atom is -0.494 e. The van der Waals surface area contributed by atoms with Gasteiger partial charge in [0.15, 0.2) is 12.4 Å². The van der Waals surface area contributed by atoms with E-state index in [1.807, 2.05) is 13.8 Å². The first kappa shape index (κ1) is 15.8. The maximum Gasteiger partial charge on any atom is 0.342 e. The zero-order valence-electron chi connectivity index (χ0n) is 12.2. The number of methoxy groups -OCH3 is 1. The zero-order chi connectivity index (χ0) is 15.3. The molecule has 1 amide bonds. The van der Waals surface area contributed by atoms with Crippen molar-refractivity contribution < 1.29 is 19.1 Å². The number of carbonyl (C=O) groups is 2. The molecule has 20 heavy (non-hydrogen) atoms. The molecule has 2 N–H and O–H groups in total. The molecule has 1 aromatic rings. The number of carbonyl (C=O) groups excluding carboxylic acids is 2. The van der Waals surface area contributed by atoms with Crippen molar-refractivity contribution in [1.82, 2.24) is 4.90 Å². The highest BCUT2D eigenvalue weighted by Crippen LogP contribution is 2.26. The lowest BCUT2D eigenvalue weighted by atomic mass is 10.2. The number of anilines is 1. The number of nitrogen functional groups attached to an aromatic ring is 1. The molecular formula is C14H20N2O4. The number of nitrogens with zero attached hydrogens (tertiary/aromatic N) is 1. The summed E-state index contributed by atoms with van der Waals surface area (Å²) in [6.07, 6.45) is 0. The van der Waals surface area contributed by atoms with Gasteiger partial charge in [0.1, 0.15) is 5.56 Å². The van der Waals surface area contributed by atoms with Crippen molar-refractivity contribution in [2.75, 3.05) is 26.5 Å². The Labute approximate surface area is 118 Å². The van der Waals surface area contributed by atoms with Gasteiger partial charge in [0.05, 0.1) is 12.8 Å². The summed E-state index contributed by atoms with van der Waals surface area (Å²) in [5.74, 6) is -0.655. The molecule has 0 aliphatic rings. The predicted molar refractivity (Wildman–Crippen MR) is 75.6 cm³/mol. The van der Waals surface area contributed by atoms with Crippen LogP contribution in [0.1, 0.15) is 24.2 Å². The lowest BCUT2D eigenvalue weighted by Gasteiger charge is -2.21. The summed E-state index contributed by atoms with van der Waals surface area (Å²) in [5, 5.41) is 0. The number of nitrogens with two attached hydrogens (primary N) is 1. The Kier molecular flexibility index (Phi) is 5.37. The smallest absolute Gasteiger partial charge is 0.342 e. The minimum absolute atomic E-state index is 0.0445. The summed E-state index contributed by atoms with van der Waals surface area (Å²) in [7, 11) is 3.07. The van der Waals surface area contributed by atoms with E-state index in [-0.39, 0.29) is 29.9 Å². The zero-order valence-corrected chi connectivity index (χ0v) is 12.2. The summed E-state index contributed by atoms with van der Waals surface area (Å²) in [6.45, 7) is 3.44. The fraction of sp³-hybridized carbons (Fsp3) is 0.429. The van der Waals surface area contributed by atoms with Crippen LogP contribution < -0.4 is 10.5 Å². The first-order valence-corrected chi connectivity index (χ1v) is 6.23. The van der Waals surface area contributed by atoms with Crippen molar-refractivity contribution in [3.05, 3.63) is 23.8 Å². The van der Waals surface area contributed by atoms with Crippen LogP contribution in [0.25, 0.3) is 0 Å². The van der Waals surface area contributed by atoms with Gasteiger partial charge < -0.3 is 20.1 Å². The molecule has 0 aliphatic heterocycles. The van der Waals surface area contributed by atoms with Crippen LogP contribution in [0.5, 0.6) is 5.75 Å². The Morgan fingerprint density at radius 2 is 2.00 bits per heavy atom. The van der Waals surface area contributed by atoms with E-state index < -0.39 is 5.97 Å². The van der Waals surface area contributed by atoms with Crippen molar-refractivity contribution in [2.45, 2.75) is 19.9 Å². The number of hydrogen-bond donors (Lipinski definition) is 1. The largest absolute Gasteiger partial charge is 0.494 e. The van der Waals surface area contributed by atoms with E-state index in [0.717, 1.165) is 0 Å². The van der Waals surface area contributed by atoms with Gasteiger partial charge in [0.2, 0.25) is 0 Å². The quantitative estimate of drug-likeness (QED) is 0.649. The van der Waals surface area contributed by atoms with Crippen LogP contribution in [0, 0.1) is 0 Å². The number of para-hydroxylation sites is 1. The van der Waals surface area contributed by atoms with Crippen LogP contribution in [0.4, 0.5) is 5.69 Å². The molecule has 0 aromatic heterocycles. The lowest BCUT2D eigenvalue weighted by molar-refractivity contribution is -0.134. The summed E-state index contributed by atoms with van der Waals surface area (Å²) in [5.41, 5.74) is 6.25. The average Bonchev–Trinajstić information content (AvgIpc) is 2.42. The molecule has 1 rings (SSSR count).